The van der Waals surface area contributed by atoms with Gasteiger partial charge in [0.05, 0.1) is 13.0 Å². The second kappa shape index (κ2) is 11.3. The normalized spacial score (nSPS) is 17.5. The zero-order valence-electron chi connectivity index (χ0n) is 21.2. The second-order valence-corrected chi connectivity index (χ2v) is 9.33. The monoisotopic (exact) mass is 511 g/mol. The maximum atomic E-state index is 15.7. The topological polar surface area (TPSA) is 83.9 Å². The first-order valence-corrected chi connectivity index (χ1v) is 12.2. The fourth-order valence-electron chi connectivity index (χ4n) is 4.43. The number of esters is 1. The Hall–Kier alpha value is -3.49. The first-order chi connectivity index (χ1) is 17.8. The summed E-state index contributed by atoms with van der Waals surface area (Å²) >= 11 is 0. The van der Waals surface area contributed by atoms with Crippen LogP contribution in [-0.4, -0.2) is 26.2 Å². The molecule has 37 heavy (non-hydrogen) atoms. The Kier molecular flexibility index (Phi) is 8.10. The molecule has 1 atom stereocenters. The number of hydrogen-bond donors (Lipinski definition) is 1. The summed E-state index contributed by atoms with van der Waals surface area (Å²) in [7, 11) is 1.57. The summed E-state index contributed by atoms with van der Waals surface area (Å²) in [6, 6.07) is 9.57. The third kappa shape index (κ3) is 5.76. The highest BCUT2D eigenvalue weighted by Gasteiger charge is 2.33. The van der Waals surface area contributed by atoms with Crippen LogP contribution < -0.4 is 10.5 Å². The highest BCUT2D eigenvalue weighted by Crippen LogP contribution is 2.43. The Morgan fingerprint density at radius 2 is 1.97 bits per heavy atom. The van der Waals surface area contributed by atoms with Crippen LogP contribution in [0.1, 0.15) is 42.7 Å². The van der Waals surface area contributed by atoms with E-state index in [9.17, 15) is 9.18 Å². The molecule has 0 saturated heterocycles. The molecule has 1 aromatic heterocycles. The Morgan fingerprint density at radius 1 is 1.16 bits per heavy atom. The molecule has 4 rings (SSSR count). The first kappa shape index (κ1) is 26.6. The van der Waals surface area contributed by atoms with Gasteiger partial charge in [-0.1, -0.05) is 19.1 Å². The van der Waals surface area contributed by atoms with Gasteiger partial charge in [-0.25, -0.2) is 8.78 Å². The number of furan rings is 1. The van der Waals surface area contributed by atoms with Gasteiger partial charge in [0.15, 0.2) is 0 Å². The molecule has 0 amide bonds. The number of allylic oxidation sites excluding steroid dienone is 3. The van der Waals surface area contributed by atoms with Gasteiger partial charge in [-0.15, -0.1) is 0 Å². The van der Waals surface area contributed by atoms with Gasteiger partial charge in [-0.05, 0) is 55.3 Å². The molecule has 1 heterocycles. The van der Waals surface area contributed by atoms with E-state index in [-0.39, 0.29) is 38.6 Å². The van der Waals surface area contributed by atoms with E-state index < -0.39 is 17.2 Å². The molecule has 0 aliphatic heterocycles. The number of nitrogens with two attached hydrogens (primary N) is 1. The lowest BCUT2D eigenvalue weighted by Gasteiger charge is -2.29. The average molecular weight is 512 g/mol. The number of carbonyl (C=O) groups is 1. The number of rotatable bonds is 10. The van der Waals surface area contributed by atoms with Gasteiger partial charge in [0, 0.05) is 41.2 Å². The van der Waals surface area contributed by atoms with Gasteiger partial charge in [0.25, 0.3) is 0 Å². The minimum atomic E-state index is -0.805. The molecular weight excluding hydrogens is 480 g/mol. The first-order valence-electron chi connectivity index (χ1n) is 12.2. The number of hydrogen-bond acceptors (Lipinski definition) is 6. The summed E-state index contributed by atoms with van der Waals surface area (Å²) in [5, 5.41) is 0.766. The predicted molar refractivity (Wildman–Crippen MR) is 137 cm³/mol. The van der Waals surface area contributed by atoms with Crippen molar-refractivity contribution < 1.29 is 32.2 Å². The summed E-state index contributed by atoms with van der Waals surface area (Å²) in [4.78, 5) is 12.0. The molecule has 2 aromatic carbocycles. The highest BCUT2D eigenvalue weighted by molar-refractivity contribution is 5.94. The van der Waals surface area contributed by atoms with E-state index in [2.05, 4.69) is 0 Å². The molecule has 0 spiro atoms. The van der Waals surface area contributed by atoms with E-state index in [4.69, 9.17) is 24.4 Å². The zero-order valence-corrected chi connectivity index (χ0v) is 21.2. The van der Waals surface area contributed by atoms with Gasteiger partial charge in [0.2, 0.25) is 0 Å². The van der Waals surface area contributed by atoms with Crippen LogP contribution in [0.15, 0.2) is 58.8 Å². The van der Waals surface area contributed by atoms with Crippen molar-refractivity contribution in [2.45, 2.75) is 39.9 Å². The number of benzene rings is 2. The van der Waals surface area contributed by atoms with Crippen LogP contribution in [0.4, 0.5) is 8.78 Å². The molecule has 0 fully saturated rings. The molecule has 6 nitrogen and oxygen atoms in total. The molecule has 3 aromatic rings. The summed E-state index contributed by atoms with van der Waals surface area (Å²) < 4.78 is 51.9. The van der Waals surface area contributed by atoms with Gasteiger partial charge < -0.3 is 24.4 Å². The number of halogens is 2. The van der Waals surface area contributed by atoms with Crippen molar-refractivity contribution in [2.24, 2.45) is 11.1 Å². The van der Waals surface area contributed by atoms with Crippen molar-refractivity contribution in [1.82, 2.24) is 0 Å². The molecule has 1 aliphatic rings. The largest absolute Gasteiger partial charge is 0.489 e. The molecule has 0 radical (unpaired) electrons. The van der Waals surface area contributed by atoms with E-state index in [1.165, 1.54) is 18.2 Å². The molecule has 1 aliphatic carbocycles. The lowest BCUT2D eigenvalue weighted by atomic mass is 9.78. The quantitative estimate of drug-likeness (QED) is 0.336. The predicted octanol–water partition coefficient (Wildman–Crippen LogP) is 6.01. The summed E-state index contributed by atoms with van der Waals surface area (Å²) in [6.45, 7) is 4.27. The molecule has 0 saturated carbocycles. The van der Waals surface area contributed by atoms with Crippen LogP contribution in [0.25, 0.3) is 16.5 Å². The zero-order chi connectivity index (χ0) is 26.6. The lowest BCUT2D eigenvalue weighted by Crippen LogP contribution is -2.29. The van der Waals surface area contributed by atoms with Crippen molar-refractivity contribution in [3.63, 3.8) is 0 Å². The number of fused-ring (bicyclic) bond motifs is 1. The van der Waals surface area contributed by atoms with Crippen molar-refractivity contribution in [2.75, 3.05) is 20.3 Å². The molecule has 8 heteroatoms. The Labute approximate surface area is 214 Å². The smallest absolute Gasteiger partial charge is 0.310 e. The number of ether oxygens (including phenoxy) is 3. The fraction of sp³-hybridized carbons (Fsp3) is 0.345. The molecule has 196 valence electrons. The standard InChI is InChI=1S/C29H31F2NO5/c1-4-35-26(33)14-19-12-21(30)7-8-25(19)36-15-18-10-20-13-22(16-34-3)37-27(20)24(11-18)23-6-5-9-29(2,17-32)28(23)31/h5-8,10-13H,4,9,14-17,32H2,1-3H3. The molecular formula is C29H31F2NO5. The lowest BCUT2D eigenvalue weighted by molar-refractivity contribution is -0.142. The van der Waals surface area contributed by atoms with Crippen molar-refractivity contribution >= 4 is 22.5 Å². The highest BCUT2D eigenvalue weighted by atomic mass is 19.1. The third-order valence-electron chi connectivity index (χ3n) is 6.43. The van der Waals surface area contributed by atoms with Gasteiger partial charge >= 0.3 is 5.97 Å². The van der Waals surface area contributed by atoms with E-state index in [0.29, 0.717) is 40.2 Å². The van der Waals surface area contributed by atoms with Crippen LogP contribution in [0, 0.1) is 11.2 Å². The van der Waals surface area contributed by atoms with Crippen LogP contribution in [-0.2, 0) is 33.9 Å². The van der Waals surface area contributed by atoms with Crippen LogP contribution >= 0.6 is 0 Å². The number of methoxy groups -OCH3 is 1. The van der Waals surface area contributed by atoms with E-state index >= 15 is 4.39 Å². The Morgan fingerprint density at radius 3 is 2.70 bits per heavy atom. The van der Waals surface area contributed by atoms with E-state index in [1.807, 2.05) is 24.3 Å². The Balaban J connectivity index is 1.72. The van der Waals surface area contributed by atoms with Crippen molar-refractivity contribution in [1.29, 1.82) is 0 Å². The summed E-state index contributed by atoms with van der Waals surface area (Å²) in [5.74, 6) is -0.276. The minimum Gasteiger partial charge on any atom is -0.489 e. The molecule has 2 N–H and O–H groups in total. The second-order valence-electron chi connectivity index (χ2n) is 9.33. The third-order valence-corrected chi connectivity index (χ3v) is 6.43. The van der Waals surface area contributed by atoms with E-state index in [0.717, 1.165) is 10.9 Å². The van der Waals surface area contributed by atoms with Crippen LogP contribution in [0.3, 0.4) is 0 Å². The van der Waals surface area contributed by atoms with Gasteiger partial charge in [-0.3, -0.25) is 4.79 Å². The SMILES string of the molecule is CCOC(=O)Cc1cc(F)ccc1OCc1cc(C2=C(F)C(C)(CN)CC=C2)c2oc(COC)cc2c1. The maximum Gasteiger partial charge on any atom is 0.310 e. The summed E-state index contributed by atoms with van der Waals surface area (Å²) in [6.07, 6.45) is 4.06. The Bertz CT molecular complexity index is 1360. The van der Waals surface area contributed by atoms with Crippen LogP contribution in [0.2, 0.25) is 0 Å². The molecule has 0 bridgehead atoms. The van der Waals surface area contributed by atoms with E-state index in [1.54, 1.807) is 27.0 Å². The van der Waals surface area contributed by atoms with Crippen molar-refractivity contribution in [3.8, 4) is 5.75 Å². The number of carbonyl (C=O) groups excluding carboxylic acids is 1. The van der Waals surface area contributed by atoms with Crippen LogP contribution in [0.5, 0.6) is 5.75 Å². The summed E-state index contributed by atoms with van der Waals surface area (Å²) in [5.41, 5.74) is 7.77. The van der Waals surface area contributed by atoms with Crippen molar-refractivity contribution in [3.05, 3.63) is 82.6 Å². The molecule has 1 unspecified atom stereocenters. The van der Waals surface area contributed by atoms with Gasteiger partial charge in [-0.2, -0.15) is 0 Å². The fourth-order valence-corrected chi connectivity index (χ4v) is 4.43. The maximum absolute atomic E-state index is 15.7. The average Bonchev–Trinajstić information content (AvgIpc) is 3.28. The van der Waals surface area contributed by atoms with Gasteiger partial charge in [0.1, 0.15) is 42.0 Å². The minimum absolute atomic E-state index is 0.0992.